The van der Waals surface area contributed by atoms with Crippen LogP contribution in [0.1, 0.15) is 12.0 Å². The molecule has 0 fully saturated rings. The summed E-state index contributed by atoms with van der Waals surface area (Å²) in [4.78, 5) is 0. The van der Waals surface area contributed by atoms with Gasteiger partial charge in [-0.25, -0.2) is 0 Å². The number of rotatable bonds is 5. The summed E-state index contributed by atoms with van der Waals surface area (Å²) < 4.78 is 7.08. The first kappa shape index (κ1) is 13.6. The summed E-state index contributed by atoms with van der Waals surface area (Å²) in [5, 5.41) is 12.2. The van der Waals surface area contributed by atoms with Crippen LogP contribution in [0.2, 0.25) is 0 Å². The number of benzene rings is 2. The second kappa shape index (κ2) is 5.92. The van der Waals surface area contributed by atoms with Crippen molar-refractivity contribution in [3.05, 3.63) is 60.3 Å². The topological polar surface area (TPSA) is 34.4 Å². The van der Waals surface area contributed by atoms with Crippen LogP contribution in [0.25, 0.3) is 10.8 Å². The van der Waals surface area contributed by atoms with E-state index in [4.69, 9.17) is 4.74 Å². The minimum Gasteiger partial charge on any atom is -0.497 e. The van der Waals surface area contributed by atoms with Crippen molar-refractivity contribution in [2.24, 2.45) is 0 Å². The number of aryl methyl sites for hydroxylation is 2. The highest BCUT2D eigenvalue weighted by Gasteiger charge is 2.06. The third-order valence-electron chi connectivity index (χ3n) is 3.79. The normalized spacial score (nSPS) is 10.9. The van der Waals surface area contributed by atoms with E-state index in [1.54, 1.807) is 7.11 Å². The molecule has 0 bridgehead atoms. The second-order valence-electron chi connectivity index (χ2n) is 5.18. The van der Waals surface area contributed by atoms with Gasteiger partial charge in [0.1, 0.15) is 5.75 Å². The number of methoxy groups -OCH3 is 1. The van der Waals surface area contributed by atoms with E-state index in [-0.39, 0.29) is 0 Å². The minimum absolute atomic E-state index is 0.361. The van der Waals surface area contributed by atoms with Crippen LogP contribution in [-0.4, -0.2) is 16.8 Å². The van der Waals surface area contributed by atoms with E-state index >= 15 is 0 Å². The monoisotopic (exact) mass is 281 g/mol. The molecule has 0 spiro atoms. The van der Waals surface area contributed by atoms with E-state index in [9.17, 15) is 5.11 Å². The Bertz CT molecular complexity index is 729. The molecule has 0 aliphatic heterocycles. The number of ether oxygens (including phenoxy) is 1. The zero-order chi connectivity index (χ0) is 14.7. The van der Waals surface area contributed by atoms with Gasteiger partial charge in [0, 0.05) is 23.5 Å². The molecule has 0 unspecified atom stereocenters. The Morgan fingerprint density at radius 3 is 2.52 bits per heavy atom. The summed E-state index contributed by atoms with van der Waals surface area (Å²) in [5.74, 6) is 1.24. The maximum absolute atomic E-state index is 10.2. The quantitative estimate of drug-likeness (QED) is 0.767. The third-order valence-corrected chi connectivity index (χ3v) is 3.79. The number of hydrogen-bond acceptors (Lipinski definition) is 2. The van der Waals surface area contributed by atoms with Crippen molar-refractivity contribution in [3.8, 4) is 11.6 Å². The van der Waals surface area contributed by atoms with Crippen molar-refractivity contribution >= 4 is 10.8 Å². The number of fused-ring (bicyclic) bond motifs is 1. The van der Waals surface area contributed by atoms with Crippen LogP contribution in [0.4, 0.5) is 0 Å². The van der Waals surface area contributed by atoms with Crippen molar-refractivity contribution in [2.45, 2.75) is 19.4 Å². The van der Waals surface area contributed by atoms with Crippen molar-refractivity contribution in [1.82, 2.24) is 4.57 Å². The number of nitrogens with zero attached hydrogens (tertiary/aromatic N) is 1. The van der Waals surface area contributed by atoms with E-state index in [1.807, 2.05) is 47.2 Å². The molecule has 3 nitrogen and oxygen atoms in total. The third kappa shape index (κ3) is 2.87. The van der Waals surface area contributed by atoms with Crippen molar-refractivity contribution < 1.29 is 9.84 Å². The maximum Gasteiger partial charge on any atom is 0.199 e. The summed E-state index contributed by atoms with van der Waals surface area (Å²) in [6, 6.07) is 16.1. The first-order chi connectivity index (χ1) is 10.3. The van der Waals surface area contributed by atoms with E-state index in [2.05, 4.69) is 12.1 Å². The van der Waals surface area contributed by atoms with Gasteiger partial charge in [0.15, 0.2) is 5.88 Å². The van der Waals surface area contributed by atoms with Crippen LogP contribution < -0.4 is 4.74 Å². The predicted octanol–water partition coefficient (Wildman–Crippen LogP) is 3.99. The van der Waals surface area contributed by atoms with Crippen molar-refractivity contribution in [2.75, 3.05) is 7.11 Å². The molecule has 0 aliphatic rings. The summed E-state index contributed by atoms with van der Waals surface area (Å²) in [7, 11) is 1.68. The fraction of sp³-hybridized carbons (Fsp3) is 0.222. The molecule has 2 aromatic carbocycles. The Labute approximate surface area is 124 Å². The lowest BCUT2D eigenvalue weighted by molar-refractivity contribution is 0.414. The second-order valence-corrected chi connectivity index (χ2v) is 5.18. The molecule has 108 valence electrons. The molecule has 0 aliphatic carbocycles. The van der Waals surface area contributed by atoms with Gasteiger partial charge < -0.3 is 14.4 Å². The molecule has 1 heterocycles. The van der Waals surface area contributed by atoms with Crippen molar-refractivity contribution in [1.29, 1.82) is 0 Å². The average Bonchev–Trinajstić information content (AvgIpc) is 2.85. The zero-order valence-corrected chi connectivity index (χ0v) is 12.1. The summed E-state index contributed by atoms with van der Waals surface area (Å²) in [5.41, 5.74) is 1.28. The standard InChI is InChI=1S/C18H19NO2/c1-21-16-10-8-14(9-11-16)5-4-12-19-13-15-6-2-3-7-17(15)18(19)20/h2-3,6-11,13,20H,4-5,12H2,1H3. The fourth-order valence-electron chi connectivity index (χ4n) is 2.61. The minimum atomic E-state index is 0.361. The predicted molar refractivity (Wildman–Crippen MR) is 84.9 cm³/mol. The molecule has 0 radical (unpaired) electrons. The first-order valence-electron chi connectivity index (χ1n) is 7.17. The highest BCUT2D eigenvalue weighted by molar-refractivity contribution is 5.87. The molecule has 1 aromatic heterocycles. The molecular weight excluding hydrogens is 262 g/mol. The van der Waals surface area contributed by atoms with Gasteiger partial charge in [0.25, 0.3) is 0 Å². The molecule has 3 rings (SSSR count). The lowest BCUT2D eigenvalue weighted by Gasteiger charge is -2.06. The van der Waals surface area contributed by atoms with Gasteiger partial charge in [0.2, 0.25) is 0 Å². The van der Waals surface area contributed by atoms with E-state index < -0.39 is 0 Å². The maximum atomic E-state index is 10.2. The van der Waals surface area contributed by atoms with Crippen LogP contribution in [0.15, 0.2) is 54.7 Å². The van der Waals surface area contributed by atoms with Gasteiger partial charge in [0.05, 0.1) is 7.11 Å². The molecule has 0 saturated carbocycles. The van der Waals surface area contributed by atoms with Crippen LogP contribution in [-0.2, 0) is 13.0 Å². The Balaban J connectivity index is 1.64. The Morgan fingerprint density at radius 1 is 1.05 bits per heavy atom. The smallest absolute Gasteiger partial charge is 0.199 e. The van der Waals surface area contributed by atoms with Gasteiger partial charge in [-0.15, -0.1) is 0 Å². The molecule has 21 heavy (non-hydrogen) atoms. The van der Waals surface area contributed by atoms with Gasteiger partial charge in [-0.3, -0.25) is 0 Å². The van der Waals surface area contributed by atoms with Gasteiger partial charge in [-0.05, 0) is 36.6 Å². The van der Waals surface area contributed by atoms with Gasteiger partial charge >= 0.3 is 0 Å². The SMILES string of the molecule is COc1ccc(CCCn2cc3ccccc3c2O)cc1. The van der Waals surface area contributed by atoms with Crippen LogP contribution >= 0.6 is 0 Å². The molecule has 3 heteroatoms. The zero-order valence-electron chi connectivity index (χ0n) is 12.1. The highest BCUT2D eigenvalue weighted by atomic mass is 16.5. The number of hydrogen-bond donors (Lipinski definition) is 1. The van der Waals surface area contributed by atoms with Crippen LogP contribution in [0, 0.1) is 0 Å². The Morgan fingerprint density at radius 2 is 1.81 bits per heavy atom. The average molecular weight is 281 g/mol. The highest BCUT2D eigenvalue weighted by Crippen LogP contribution is 2.27. The van der Waals surface area contributed by atoms with Crippen molar-refractivity contribution in [3.63, 3.8) is 0 Å². The first-order valence-corrected chi connectivity index (χ1v) is 7.17. The van der Waals surface area contributed by atoms with Gasteiger partial charge in [-0.2, -0.15) is 0 Å². The fourth-order valence-corrected chi connectivity index (χ4v) is 2.61. The van der Waals surface area contributed by atoms with E-state index in [1.165, 1.54) is 5.56 Å². The number of aromatic nitrogens is 1. The lowest BCUT2D eigenvalue weighted by Crippen LogP contribution is -1.97. The summed E-state index contributed by atoms with van der Waals surface area (Å²) >= 11 is 0. The largest absolute Gasteiger partial charge is 0.497 e. The lowest BCUT2D eigenvalue weighted by atomic mass is 10.1. The van der Waals surface area contributed by atoms with Crippen LogP contribution in [0.5, 0.6) is 11.6 Å². The van der Waals surface area contributed by atoms with E-state index in [0.717, 1.165) is 35.9 Å². The molecule has 0 saturated heterocycles. The van der Waals surface area contributed by atoms with Crippen LogP contribution in [0.3, 0.4) is 0 Å². The molecular formula is C18H19NO2. The van der Waals surface area contributed by atoms with E-state index in [0.29, 0.717) is 5.88 Å². The Hall–Kier alpha value is -2.42. The number of aromatic hydroxyl groups is 1. The van der Waals surface area contributed by atoms with Gasteiger partial charge in [-0.1, -0.05) is 30.3 Å². The molecule has 1 N–H and O–H groups in total. The molecule has 3 aromatic rings. The summed E-state index contributed by atoms with van der Waals surface area (Å²) in [6.07, 6.45) is 3.98. The molecule has 0 atom stereocenters. The Kier molecular flexibility index (Phi) is 3.82. The molecule has 0 amide bonds. The summed E-state index contributed by atoms with van der Waals surface area (Å²) in [6.45, 7) is 0.812.